The van der Waals surface area contributed by atoms with Crippen LogP contribution in [0.3, 0.4) is 0 Å². The summed E-state index contributed by atoms with van der Waals surface area (Å²) < 4.78 is 0. The van der Waals surface area contributed by atoms with Crippen molar-refractivity contribution in [3.63, 3.8) is 0 Å². The lowest BCUT2D eigenvalue weighted by molar-refractivity contribution is 0.101. The smallest absolute Gasteiger partial charge is 0.257 e. The monoisotopic (exact) mass is 386 g/mol. The molecule has 3 rings (SSSR count). The Kier molecular flexibility index (Phi) is 5.15. The van der Waals surface area contributed by atoms with E-state index in [1.54, 1.807) is 24.3 Å². The van der Waals surface area contributed by atoms with Crippen molar-refractivity contribution in [2.45, 2.75) is 27.7 Å². The van der Waals surface area contributed by atoms with Crippen LogP contribution in [0.25, 0.3) is 0 Å². The van der Waals surface area contributed by atoms with Crippen molar-refractivity contribution >= 4 is 44.8 Å². The van der Waals surface area contributed by atoms with Gasteiger partial charge in [-0.15, -0.1) is 22.7 Å². The molecule has 6 nitrogen and oxygen atoms in total. The molecule has 0 atom stereocenters. The molecule has 3 aromatic rings. The topological polar surface area (TPSA) is 84.0 Å². The van der Waals surface area contributed by atoms with E-state index in [2.05, 4.69) is 20.6 Å². The molecule has 26 heavy (non-hydrogen) atoms. The maximum Gasteiger partial charge on any atom is 0.257 e. The van der Waals surface area contributed by atoms with Crippen molar-refractivity contribution in [2.24, 2.45) is 0 Å². The zero-order valence-corrected chi connectivity index (χ0v) is 16.5. The Morgan fingerprint density at radius 2 is 1.08 bits per heavy atom. The third kappa shape index (κ3) is 3.97. The molecular weight excluding hydrogens is 368 g/mol. The van der Waals surface area contributed by atoms with Crippen molar-refractivity contribution in [1.29, 1.82) is 0 Å². The van der Waals surface area contributed by atoms with Gasteiger partial charge in [0.15, 0.2) is 10.3 Å². The van der Waals surface area contributed by atoms with E-state index >= 15 is 0 Å². The van der Waals surface area contributed by atoms with Gasteiger partial charge in [-0.05, 0) is 52.0 Å². The molecule has 0 saturated heterocycles. The van der Waals surface area contributed by atoms with Gasteiger partial charge in [0.2, 0.25) is 0 Å². The van der Waals surface area contributed by atoms with Gasteiger partial charge in [0.05, 0.1) is 11.4 Å². The summed E-state index contributed by atoms with van der Waals surface area (Å²) in [4.78, 5) is 35.3. The van der Waals surface area contributed by atoms with Gasteiger partial charge in [-0.1, -0.05) is 0 Å². The molecule has 2 heterocycles. The second-order valence-corrected chi connectivity index (χ2v) is 8.21. The van der Waals surface area contributed by atoms with Gasteiger partial charge in [0.1, 0.15) is 0 Å². The summed E-state index contributed by atoms with van der Waals surface area (Å²) in [6, 6.07) is 6.48. The molecule has 0 fully saturated rings. The second-order valence-electron chi connectivity index (χ2n) is 5.81. The summed E-state index contributed by atoms with van der Waals surface area (Å²) in [5.41, 5.74) is 2.75. The molecule has 2 amide bonds. The van der Waals surface area contributed by atoms with Gasteiger partial charge in [0, 0.05) is 20.9 Å². The van der Waals surface area contributed by atoms with E-state index in [0.29, 0.717) is 21.4 Å². The normalized spacial score (nSPS) is 10.6. The van der Waals surface area contributed by atoms with Crippen LogP contribution in [-0.2, 0) is 0 Å². The predicted molar refractivity (Wildman–Crippen MR) is 106 cm³/mol. The number of amides is 2. The van der Waals surface area contributed by atoms with Gasteiger partial charge in [-0.25, -0.2) is 9.97 Å². The number of hydrogen-bond acceptors (Lipinski definition) is 6. The first-order chi connectivity index (χ1) is 12.3. The lowest BCUT2D eigenvalue weighted by Gasteiger charge is -2.04. The summed E-state index contributed by atoms with van der Waals surface area (Å²) in [5.74, 6) is -0.506. The molecule has 0 unspecified atom stereocenters. The Hall–Kier alpha value is -2.58. The first-order valence-corrected chi connectivity index (χ1v) is 9.57. The molecule has 2 N–H and O–H groups in total. The number of carbonyl (C=O) groups is 2. The molecule has 0 spiro atoms. The maximum absolute atomic E-state index is 12.3. The van der Waals surface area contributed by atoms with Crippen molar-refractivity contribution in [3.8, 4) is 0 Å². The van der Waals surface area contributed by atoms with Crippen LogP contribution >= 0.6 is 22.7 Å². The van der Waals surface area contributed by atoms with Gasteiger partial charge in [0.25, 0.3) is 11.8 Å². The highest BCUT2D eigenvalue weighted by molar-refractivity contribution is 7.16. The average Bonchev–Trinajstić information content (AvgIpc) is 3.08. The lowest BCUT2D eigenvalue weighted by atomic mass is 10.1. The fourth-order valence-corrected chi connectivity index (χ4v) is 3.78. The highest BCUT2D eigenvalue weighted by Gasteiger charge is 2.13. The van der Waals surface area contributed by atoms with Crippen molar-refractivity contribution in [2.75, 3.05) is 10.6 Å². The minimum absolute atomic E-state index is 0.253. The summed E-state index contributed by atoms with van der Waals surface area (Å²) in [7, 11) is 0. The van der Waals surface area contributed by atoms with Gasteiger partial charge in [-0.3, -0.25) is 20.2 Å². The molecule has 134 valence electrons. The largest absolute Gasteiger partial charge is 0.298 e. The number of benzene rings is 1. The van der Waals surface area contributed by atoms with Crippen LogP contribution in [0, 0.1) is 27.7 Å². The Morgan fingerprint density at radius 3 is 1.35 bits per heavy atom. The minimum atomic E-state index is -0.253. The number of thiazole rings is 2. The van der Waals surface area contributed by atoms with E-state index in [-0.39, 0.29) is 11.8 Å². The molecular formula is C18H18N4O2S2. The highest BCUT2D eigenvalue weighted by Crippen LogP contribution is 2.23. The van der Waals surface area contributed by atoms with Gasteiger partial charge in [-0.2, -0.15) is 0 Å². The number of aromatic nitrogens is 2. The van der Waals surface area contributed by atoms with Crippen LogP contribution in [0.15, 0.2) is 24.3 Å². The maximum atomic E-state index is 12.3. The average molecular weight is 387 g/mol. The summed E-state index contributed by atoms with van der Waals surface area (Å²) in [6.45, 7) is 7.73. The Morgan fingerprint density at radius 1 is 0.731 bits per heavy atom. The van der Waals surface area contributed by atoms with E-state index < -0.39 is 0 Å². The number of nitrogens with zero attached hydrogens (tertiary/aromatic N) is 2. The number of aryl methyl sites for hydroxylation is 4. The first-order valence-electron chi connectivity index (χ1n) is 7.94. The van der Waals surface area contributed by atoms with E-state index in [1.807, 2.05) is 27.7 Å². The number of rotatable bonds is 4. The lowest BCUT2D eigenvalue weighted by Crippen LogP contribution is -2.14. The van der Waals surface area contributed by atoms with Crippen LogP contribution < -0.4 is 10.6 Å². The molecule has 0 bridgehead atoms. The Bertz CT molecular complexity index is 855. The van der Waals surface area contributed by atoms with Crippen LogP contribution in [0.1, 0.15) is 41.9 Å². The van der Waals surface area contributed by atoms with Crippen LogP contribution in [0.4, 0.5) is 10.3 Å². The van der Waals surface area contributed by atoms with Crippen molar-refractivity contribution in [3.05, 3.63) is 56.5 Å². The summed E-state index contributed by atoms with van der Waals surface area (Å²) >= 11 is 2.87. The molecule has 8 heteroatoms. The molecule has 0 radical (unpaired) electrons. The van der Waals surface area contributed by atoms with Crippen LogP contribution in [0.2, 0.25) is 0 Å². The zero-order valence-electron chi connectivity index (χ0n) is 14.8. The third-order valence-corrected chi connectivity index (χ3v) is 5.88. The fraction of sp³-hybridized carbons (Fsp3) is 0.222. The molecule has 2 aromatic heterocycles. The highest BCUT2D eigenvalue weighted by atomic mass is 32.1. The molecule has 0 aliphatic carbocycles. The van der Waals surface area contributed by atoms with E-state index in [9.17, 15) is 9.59 Å². The number of nitrogens with one attached hydrogen (secondary N) is 2. The number of carbonyl (C=O) groups excluding carboxylic acids is 2. The summed E-state index contributed by atoms with van der Waals surface area (Å²) in [5, 5.41) is 6.70. The SMILES string of the molecule is Cc1nc(NC(=O)c2ccc(C(=O)Nc3nc(C)c(C)s3)cc2)sc1C. The van der Waals surface area contributed by atoms with Crippen molar-refractivity contribution < 1.29 is 9.59 Å². The van der Waals surface area contributed by atoms with E-state index in [1.165, 1.54) is 22.7 Å². The second kappa shape index (κ2) is 7.35. The summed E-state index contributed by atoms with van der Waals surface area (Å²) in [6.07, 6.45) is 0. The van der Waals surface area contributed by atoms with Gasteiger partial charge >= 0.3 is 0 Å². The Balaban J connectivity index is 1.67. The molecule has 0 saturated carbocycles. The minimum Gasteiger partial charge on any atom is -0.298 e. The van der Waals surface area contributed by atoms with E-state index in [4.69, 9.17) is 0 Å². The molecule has 0 aliphatic heterocycles. The third-order valence-electron chi connectivity index (χ3n) is 3.91. The predicted octanol–water partition coefficient (Wildman–Crippen LogP) is 4.34. The zero-order chi connectivity index (χ0) is 18.8. The quantitative estimate of drug-likeness (QED) is 0.699. The van der Waals surface area contributed by atoms with Crippen LogP contribution in [0.5, 0.6) is 0 Å². The fourth-order valence-electron chi connectivity index (χ4n) is 2.16. The van der Waals surface area contributed by atoms with Crippen molar-refractivity contribution in [1.82, 2.24) is 9.97 Å². The first kappa shape index (κ1) is 18.2. The number of hydrogen-bond donors (Lipinski definition) is 2. The Labute approximate surface area is 159 Å². The molecule has 1 aromatic carbocycles. The number of anilines is 2. The van der Waals surface area contributed by atoms with Crippen LogP contribution in [-0.4, -0.2) is 21.8 Å². The van der Waals surface area contributed by atoms with Gasteiger partial charge < -0.3 is 0 Å². The molecule has 0 aliphatic rings. The van der Waals surface area contributed by atoms with E-state index in [0.717, 1.165) is 21.1 Å². The standard InChI is InChI=1S/C18H18N4O2S2/c1-9-11(3)25-17(19-9)21-15(23)13-5-7-14(8-6-13)16(24)22-18-20-10(2)12(4)26-18/h5-8H,1-4H3,(H,19,21,23)(H,20,22,24).